The van der Waals surface area contributed by atoms with E-state index in [-0.39, 0.29) is 27.3 Å². The molecular weight excluding hydrogens is 318 g/mol. The third kappa shape index (κ3) is 2.63. The van der Waals surface area contributed by atoms with Gasteiger partial charge in [-0.1, -0.05) is 6.07 Å². The molecule has 118 valence electrons. The smallest absolute Gasteiger partial charge is 0.573 e. The number of nitrogens with zero attached hydrogens (tertiary/aromatic N) is 1. The summed E-state index contributed by atoms with van der Waals surface area (Å²) >= 11 is 0. The van der Waals surface area contributed by atoms with Crippen LogP contribution in [0.4, 0.5) is 23.2 Å². The SMILES string of the molecule is O=C1C(c2ccc(OC(F)(F)F)cc2)=[N+]([O-])c2cccc(F)c21. The van der Waals surface area contributed by atoms with Gasteiger partial charge in [-0.2, -0.15) is 4.74 Å². The van der Waals surface area contributed by atoms with Crippen molar-refractivity contribution >= 4 is 17.2 Å². The van der Waals surface area contributed by atoms with E-state index in [1.165, 1.54) is 12.1 Å². The maximum absolute atomic E-state index is 13.7. The summed E-state index contributed by atoms with van der Waals surface area (Å²) in [6.07, 6.45) is -4.85. The first-order chi connectivity index (χ1) is 10.8. The van der Waals surface area contributed by atoms with Crippen LogP contribution < -0.4 is 4.74 Å². The van der Waals surface area contributed by atoms with Crippen molar-refractivity contribution in [1.82, 2.24) is 0 Å². The molecule has 4 nitrogen and oxygen atoms in total. The molecule has 2 aromatic carbocycles. The lowest BCUT2D eigenvalue weighted by molar-refractivity contribution is -0.355. The Morgan fingerprint density at radius 2 is 1.70 bits per heavy atom. The third-order valence-electron chi connectivity index (χ3n) is 3.22. The van der Waals surface area contributed by atoms with Gasteiger partial charge in [-0.3, -0.25) is 4.79 Å². The van der Waals surface area contributed by atoms with E-state index in [0.29, 0.717) is 0 Å². The largest absolute Gasteiger partial charge is 0.618 e. The summed E-state index contributed by atoms with van der Waals surface area (Å²) in [6, 6.07) is 7.82. The van der Waals surface area contributed by atoms with Crippen LogP contribution in [0, 0.1) is 11.0 Å². The van der Waals surface area contributed by atoms with Crippen LogP contribution in [0.15, 0.2) is 42.5 Å². The van der Waals surface area contributed by atoms with E-state index in [0.717, 1.165) is 30.3 Å². The van der Waals surface area contributed by atoms with Crippen molar-refractivity contribution in [3.05, 3.63) is 64.6 Å². The van der Waals surface area contributed by atoms with Gasteiger partial charge in [-0.05, 0) is 30.3 Å². The summed E-state index contributed by atoms with van der Waals surface area (Å²) in [4.78, 5) is 12.2. The Morgan fingerprint density at radius 3 is 2.26 bits per heavy atom. The van der Waals surface area contributed by atoms with Crippen LogP contribution >= 0.6 is 0 Å². The minimum absolute atomic E-state index is 0.0649. The molecule has 0 amide bonds. The van der Waals surface area contributed by atoms with Crippen molar-refractivity contribution < 1.29 is 31.8 Å². The Kier molecular flexibility index (Phi) is 3.32. The van der Waals surface area contributed by atoms with Crippen molar-refractivity contribution in [2.75, 3.05) is 0 Å². The summed E-state index contributed by atoms with van der Waals surface area (Å²) in [6.45, 7) is 0. The molecule has 1 aliphatic rings. The molecule has 1 heterocycles. The van der Waals surface area contributed by atoms with Gasteiger partial charge in [0.2, 0.25) is 5.69 Å². The van der Waals surface area contributed by atoms with E-state index in [9.17, 15) is 27.6 Å². The third-order valence-corrected chi connectivity index (χ3v) is 3.22. The maximum Gasteiger partial charge on any atom is 0.573 e. The van der Waals surface area contributed by atoms with Crippen molar-refractivity contribution in [2.45, 2.75) is 6.36 Å². The molecule has 8 heteroatoms. The number of hydrogen-bond acceptors (Lipinski definition) is 3. The highest BCUT2D eigenvalue weighted by molar-refractivity contribution is 6.52. The van der Waals surface area contributed by atoms with E-state index < -0.39 is 23.7 Å². The summed E-state index contributed by atoms with van der Waals surface area (Å²) in [5.74, 6) is -2.15. The topological polar surface area (TPSA) is 52.4 Å². The minimum Gasteiger partial charge on any atom is -0.618 e. The molecule has 2 aromatic rings. The number of hydrogen-bond donors (Lipinski definition) is 0. The Balaban J connectivity index is 1.99. The van der Waals surface area contributed by atoms with Gasteiger partial charge in [-0.25, -0.2) is 4.39 Å². The number of ketones is 1. The van der Waals surface area contributed by atoms with Gasteiger partial charge < -0.3 is 9.94 Å². The lowest BCUT2D eigenvalue weighted by Gasteiger charge is -2.08. The van der Waals surface area contributed by atoms with Crippen LogP contribution in [0.2, 0.25) is 0 Å². The number of rotatable bonds is 2. The molecule has 23 heavy (non-hydrogen) atoms. The molecule has 0 atom stereocenters. The molecule has 0 radical (unpaired) electrons. The van der Waals surface area contributed by atoms with Gasteiger partial charge in [0.25, 0.3) is 11.5 Å². The maximum atomic E-state index is 13.7. The Morgan fingerprint density at radius 1 is 1.04 bits per heavy atom. The second-order valence-corrected chi connectivity index (χ2v) is 4.68. The molecule has 0 unspecified atom stereocenters. The number of alkyl halides is 3. The fourth-order valence-corrected chi connectivity index (χ4v) is 2.30. The minimum atomic E-state index is -4.85. The highest BCUT2D eigenvalue weighted by Gasteiger charge is 2.39. The van der Waals surface area contributed by atoms with Gasteiger partial charge >= 0.3 is 6.36 Å². The zero-order valence-corrected chi connectivity index (χ0v) is 11.2. The fourth-order valence-electron chi connectivity index (χ4n) is 2.30. The molecule has 0 saturated heterocycles. The van der Waals surface area contributed by atoms with Crippen molar-refractivity contribution in [1.29, 1.82) is 0 Å². The first-order valence-corrected chi connectivity index (χ1v) is 6.31. The van der Waals surface area contributed by atoms with Crippen LogP contribution in [0.5, 0.6) is 5.75 Å². The van der Waals surface area contributed by atoms with Crippen LogP contribution in [0.3, 0.4) is 0 Å². The molecule has 0 N–H and O–H groups in total. The van der Waals surface area contributed by atoms with Crippen molar-refractivity contribution in [2.24, 2.45) is 0 Å². The predicted molar refractivity (Wildman–Crippen MR) is 71.3 cm³/mol. The normalized spacial score (nSPS) is 14.2. The van der Waals surface area contributed by atoms with Crippen LogP contribution in [0.25, 0.3) is 0 Å². The quantitative estimate of drug-likeness (QED) is 0.482. The highest BCUT2D eigenvalue weighted by Crippen LogP contribution is 2.31. The molecule has 0 aliphatic carbocycles. The molecular formula is C15H7F4NO3. The lowest BCUT2D eigenvalue weighted by atomic mass is 10.0. The second kappa shape index (κ2) is 5.08. The molecule has 0 spiro atoms. The van der Waals surface area contributed by atoms with E-state index in [4.69, 9.17) is 0 Å². The van der Waals surface area contributed by atoms with Crippen molar-refractivity contribution in [3.63, 3.8) is 0 Å². The van der Waals surface area contributed by atoms with E-state index >= 15 is 0 Å². The average molecular weight is 325 g/mol. The van der Waals surface area contributed by atoms with Crippen molar-refractivity contribution in [3.8, 4) is 5.75 Å². The fraction of sp³-hybridized carbons (Fsp3) is 0.0667. The summed E-state index contributed by atoms with van der Waals surface area (Å²) in [7, 11) is 0. The molecule has 0 saturated carbocycles. The molecule has 3 rings (SSSR count). The summed E-state index contributed by atoms with van der Waals surface area (Å²) < 4.78 is 54.0. The number of carbonyl (C=O) groups is 1. The number of Topliss-reactive ketones (excluding diaryl/α,β-unsaturated/α-hetero) is 1. The van der Waals surface area contributed by atoms with Crippen LogP contribution in [-0.2, 0) is 0 Å². The van der Waals surface area contributed by atoms with Crippen LogP contribution in [0.1, 0.15) is 15.9 Å². The van der Waals surface area contributed by atoms with Gasteiger partial charge in [-0.15, -0.1) is 13.2 Å². The standard InChI is InChI=1S/C15H7F4NO3/c16-10-2-1-3-11-12(10)14(21)13(20(11)22)8-4-6-9(7-5-8)23-15(17,18)19/h1-7H. The lowest BCUT2D eigenvalue weighted by Crippen LogP contribution is -2.18. The Bertz CT molecular complexity index is 826. The van der Waals surface area contributed by atoms with Gasteiger partial charge in [0, 0.05) is 6.07 Å². The number of carbonyl (C=O) groups excluding carboxylic acids is 1. The first kappa shape index (κ1) is 15.0. The zero-order chi connectivity index (χ0) is 16.8. The molecule has 0 fully saturated rings. The summed E-state index contributed by atoms with van der Waals surface area (Å²) in [5.41, 5.74) is -0.785. The van der Waals surface area contributed by atoms with E-state index in [1.807, 2.05) is 0 Å². The first-order valence-electron chi connectivity index (χ1n) is 6.31. The Labute approximate surface area is 126 Å². The predicted octanol–water partition coefficient (Wildman–Crippen LogP) is 3.55. The number of benzene rings is 2. The average Bonchev–Trinajstić information content (AvgIpc) is 2.72. The summed E-state index contributed by atoms with van der Waals surface area (Å²) in [5, 5.41) is 12.2. The van der Waals surface area contributed by atoms with Gasteiger partial charge in [0.15, 0.2) is 0 Å². The van der Waals surface area contributed by atoms with Gasteiger partial charge in [0.05, 0.1) is 5.56 Å². The van der Waals surface area contributed by atoms with Crippen LogP contribution in [-0.4, -0.2) is 22.6 Å². The molecule has 0 aromatic heterocycles. The number of halogens is 4. The zero-order valence-electron chi connectivity index (χ0n) is 11.2. The van der Waals surface area contributed by atoms with E-state index in [1.54, 1.807) is 0 Å². The Hall–Kier alpha value is -2.90. The molecule has 0 bridgehead atoms. The molecule has 1 aliphatic heterocycles. The second-order valence-electron chi connectivity index (χ2n) is 4.68. The number of fused-ring (bicyclic) bond motifs is 1. The number of ether oxygens (including phenoxy) is 1. The van der Waals surface area contributed by atoms with E-state index in [2.05, 4.69) is 4.74 Å². The van der Waals surface area contributed by atoms with Gasteiger partial charge in [0.1, 0.15) is 17.1 Å². The highest BCUT2D eigenvalue weighted by atomic mass is 19.4. The monoisotopic (exact) mass is 325 g/mol.